The van der Waals surface area contributed by atoms with Crippen molar-refractivity contribution >= 4 is 5.69 Å². The molecular weight excluding hydrogens is 138 g/mol. The average Bonchev–Trinajstić information content (AvgIpc) is 2.06. The van der Waals surface area contributed by atoms with Crippen LogP contribution in [0.3, 0.4) is 0 Å². The van der Waals surface area contributed by atoms with Gasteiger partial charge in [0.05, 0.1) is 17.6 Å². The van der Waals surface area contributed by atoms with Crippen LogP contribution in [0.5, 0.6) is 0 Å². The van der Waals surface area contributed by atoms with Crippen molar-refractivity contribution in [3.63, 3.8) is 0 Å². The van der Waals surface area contributed by atoms with Gasteiger partial charge in [-0.15, -0.1) is 0 Å². The third-order valence-corrected chi connectivity index (χ3v) is 1.50. The Balaban J connectivity index is 2.74. The standard InChI is InChI=1S/C8H13N3/c1-3-4-7-5-8(9-2)6-10-11-7/h5-6H,3-4H2,1-2H3,(H,9,11). The van der Waals surface area contributed by atoms with Crippen LogP contribution in [0.2, 0.25) is 0 Å². The highest BCUT2D eigenvalue weighted by Crippen LogP contribution is 2.05. The summed E-state index contributed by atoms with van der Waals surface area (Å²) in [5.74, 6) is 0. The molecule has 1 rings (SSSR count). The van der Waals surface area contributed by atoms with Crippen molar-refractivity contribution in [1.82, 2.24) is 10.2 Å². The summed E-state index contributed by atoms with van der Waals surface area (Å²) in [6, 6.07) is 2.02. The number of rotatable bonds is 3. The molecule has 0 radical (unpaired) electrons. The van der Waals surface area contributed by atoms with Gasteiger partial charge >= 0.3 is 0 Å². The molecule has 0 aromatic carbocycles. The van der Waals surface area contributed by atoms with Crippen molar-refractivity contribution in [2.75, 3.05) is 12.4 Å². The lowest BCUT2D eigenvalue weighted by molar-refractivity contribution is 0.839. The van der Waals surface area contributed by atoms with Crippen LogP contribution in [0.4, 0.5) is 5.69 Å². The molecular formula is C8H13N3. The minimum atomic E-state index is 1.00. The lowest BCUT2D eigenvalue weighted by atomic mass is 10.2. The summed E-state index contributed by atoms with van der Waals surface area (Å²) in [5.41, 5.74) is 2.09. The molecule has 60 valence electrons. The molecule has 0 saturated heterocycles. The van der Waals surface area contributed by atoms with Crippen molar-refractivity contribution in [2.45, 2.75) is 19.8 Å². The number of nitrogens with zero attached hydrogens (tertiary/aromatic N) is 2. The molecule has 0 fully saturated rings. The van der Waals surface area contributed by atoms with Crippen LogP contribution in [0.15, 0.2) is 12.3 Å². The van der Waals surface area contributed by atoms with Gasteiger partial charge in [-0.3, -0.25) is 0 Å². The van der Waals surface area contributed by atoms with Crippen LogP contribution in [-0.2, 0) is 6.42 Å². The number of anilines is 1. The van der Waals surface area contributed by atoms with Crippen LogP contribution >= 0.6 is 0 Å². The van der Waals surface area contributed by atoms with E-state index in [1.807, 2.05) is 13.1 Å². The summed E-state index contributed by atoms with van der Waals surface area (Å²) in [5, 5.41) is 10.9. The number of aryl methyl sites for hydroxylation is 1. The van der Waals surface area contributed by atoms with Gasteiger partial charge in [-0.2, -0.15) is 10.2 Å². The molecule has 0 aliphatic carbocycles. The summed E-state index contributed by atoms with van der Waals surface area (Å²) in [4.78, 5) is 0. The fraction of sp³-hybridized carbons (Fsp3) is 0.500. The molecule has 0 aliphatic rings. The molecule has 1 heterocycles. The molecule has 0 amide bonds. The molecule has 3 nitrogen and oxygen atoms in total. The molecule has 0 aliphatic heterocycles. The van der Waals surface area contributed by atoms with Crippen LogP contribution in [-0.4, -0.2) is 17.2 Å². The smallest absolute Gasteiger partial charge is 0.0727 e. The molecule has 0 bridgehead atoms. The van der Waals surface area contributed by atoms with Gasteiger partial charge in [-0.25, -0.2) is 0 Å². The zero-order valence-electron chi connectivity index (χ0n) is 6.96. The molecule has 0 saturated carbocycles. The van der Waals surface area contributed by atoms with Crippen LogP contribution < -0.4 is 5.32 Å². The number of hydrogen-bond acceptors (Lipinski definition) is 3. The van der Waals surface area contributed by atoms with E-state index in [-0.39, 0.29) is 0 Å². The van der Waals surface area contributed by atoms with Gasteiger partial charge in [-0.05, 0) is 12.5 Å². The second kappa shape index (κ2) is 3.91. The van der Waals surface area contributed by atoms with Crippen LogP contribution in [0.1, 0.15) is 19.0 Å². The van der Waals surface area contributed by atoms with Crippen molar-refractivity contribution in [3.05, 3.63) is 18.0 Å². The molecule has 11 heavy (non-hydrogen) atoms. The third-order valence-electron chi connectivity index (χ3n) is 1.50. The number of hydrogen-bond donors (Lipinski definition) is 1. The lowest BCUT2D eigenvalue weighted by Gasteiger charge is -2.00. The summed E-state index contributed by atoms with van der Waals surface area (Å²) < 4.78 is 0. The van der Waals surface area contributed by atoms with Crippen LogP contribution in [0, 0.1) is 0 Å². The Kier molecular flexibility index (Phi) is 2.83. The first-order chi connectivity index (χ1) is 5.36. The summed E-state index contributed by atoms with van der Waals surface area (Å²) >= 11 is 0. The fourth-order valence-electron chi connectivity index (χ4n) is 0.926. The van der Waals surface area contributed by atoms with E-state index in [1.165, 1.54) is 0 Å². The van der Waals surface area contributed by atoms with E-state index < -0.39 is 0 Å². The highest BCUT2D eigenvalue weighted by atomic mass is 15.1. The second-order valence-corrected chi connectivity index (χ2v) is 2.44. The van der Waals surface area contributed by atoms with E-state index in [1.54, 1.807) is 6.20 Å². The van der Waals surface area contributed by atoms with Gasteiger partial charge in [0.25, 0.3) is 0 Å². The largest absolute Gasteiger partial charge is 0.387 e. The van der Waals surface area contributed by atoms with Crippen molar-refractivity contribution in [2.24, 2.45) is 0 Å². The predicted molar refractivity (Wildman–Crippen MR) is 45.6 cm³/mol. The number of aromatic nitrogens is 2. The monoisotopic (exact) mass is 151 g/mol. The van der Waals surface area contributed by atoms with E-state index in [2.05, 4.69) is 22.4 Å². The summed E-state index contributed by atoms with van der Waals surface area (Å²) in [7, 11) is 1.88. The molecule has 0 atom stereocenters. The van der Waals surface area contributed by atoms with E-state index in [0.29, 0.717) is 0 Å². The Bertz CT molecular complexity index is 222. The normalized spacial score (nSPS) is 9.64. The maximum Gasteiger partial charge on any atom is 0.0727 e. The van der Waals surface area contributed by atoms with Gasteiger partial charge in [0.1, 0.15) is 0 Å². The van der Waals surface area contributed by atoms with Crippen molar-refractivity contribution in [3.8, 4) is 0 Å². The minimum Gasteiger partial charge on any atom is -0.387 e. The molecule has 1 aromatic rings. The Morgan fingerprint density at radius 3 is 3.00 bits per heavy atom. The SMILES string of the molecule is CCCc1cc(NC)cnn1. The third kappa shape index (κ3) is 2.18. The Labute approximate surface area is 66.8 Å². The molecule has 1 N–H and O–H groups in total. The van der Waals surface area contributed by atoms with Gasteiger partial charge < -0.3 is 5.32 Å². The zero-order chi connectivity index (χ0) is 8.10. The zero-order valence-corrected chi connectivity index (χ0v) is 6.96. The molecule has 0 unspecified atom stereocenters. The molecule has 3 heteroatoms. The first-order valence-corrected chi connectivity index (χ1v) is 3.86. The Hall–Kier alpha value is -1.12. The second-order valence-electron chi connectivity index (χ2n) is 2.44. The van der Waals surface area contributed by atoms with Crippen LogP contribution in [0.25, 0.3) is 0 Å². The summed E-state index contributed by atoms with van der Waals surface area (Å²) in [6.45, 7) is 2.13. The maximum absolute atomic E-state index is 3.99. The van der Waals surface area contributed by atoms with Crippen molar-refractivity contribution < 1.29 is 0 Å². The fourth-order valence-corrected chi connectivity index (χ4v) is 0.926. The van der Waals surface area contributed by atoms with Gasteiger partial charge in [0, 0.05) is 7.05 Å². The molecule has 1 aromatic heterocycles. The quantitative estimate of drug-likeness (QED) is 0.710. The average molecular weight is 151 g/mol. The highest BCUT2D eigenvalue weighted by molar-refractivity contribution is 5.39. The first kappa shape index (κ1) is 7.98. The van der Waals surface area contributed by atoms with Gasteiger partial charge in [0.2, 0.25) is 0 Å². The predicted octanol–water partition coefficient (Wildman–Crippen LogP) is 1.47. The van der Waals surface area contributed by atoms with Gasteiger partial charge in [-0.1, -0.05) is 13.3 Å². The Morgan fingerprint density at radius 1 is 1.55 bits per heavy atom. The lowest BCUT2D eigenvalue weighted by Crippen LogP contribution is -1.95. The number of nitrogens with one attached hydrogen (secondary N) is 1. The van der Waals surface area contributed by atoms with Gasteiger partial charge in [0.15, 0.2) is 0 Å². The minimum absolute atomic E-state index is 1.00. The van der Waals surface area contributed by atoms with E-state index in [4.69, 9.17) is 0 Å². The topological polar surface area (TPSA) is 37.8 Å². The first-order valence-electron chi connectivity index (χ1n) is 3.86. The van der Waals surface area contributed by atoms with Crippen molar-refractivity contribution in [1.29, 1.82) is 0 Å². The highest BCUT2D eigenvalue weighted by Gasteiger charge is 1.94. The molecule has 0 spiro atoms. The maximum atomic E-state index is 3.99. The van der Waals surface area contributed by atoms with E-state index >= 15 is 0 Å². The summed E-state index contributed by atoms with van der Waals surface area (Å²) in [6.07, 6.45) is 3.84. The van der Waals surface area contributed by atoms with E-state index in [0.717, 1.165) is 24.2 Å². The Morgan fingerprint density at radius 2 is 2.36 bits per heavy atom. The van der Waals surface area contributed by atoms with E-state index in [9.17, 15) is 0 Å².